The first-order valence-electron chi connectivity index (χ1n) is 12.7. The summed E-state index contributed by atoms with van der Waals surface area (Å²) in [6.45, 7) is 7.66. The summed E-state index contributed by atoms with van der Waals surface area (Å²) in [6, 6.07) is 20.8. The van der Waals surface area contributed by atoms with E-state index in [4.69, 9.17) is 4.74 Å². The van der Waals surface area contributed by atoms with E-state index in [0.717, 1.165) is 61.0 Å². The predicted octanol–water partition coefficient (Wildman–Crippen LogP) is 5.11. The van der Waals surface area contributed by atoms with Gasteiger partial charge in [-0.3, -0.25) is 4.79 Å². The number of benzene rings is 3. The van der Waals surface area contributed by atoms with Crippen LogP contribution < -0.4 is 30.5 Å². The average molecular weight is 502 g/mol. The molecule has 0 saturated carbocycles. The monoisotopic (exact) mass is 501 g/mol. The molecule has 1 heterocycles. The molecule has 3 amide bonds. The first-order chi connectivity index (χ1) is 18.0. The Bertz CT molecular complexity index is 1240. The molecule has 8 heteroatoms. The first-order valence-corrected chi connectivity index (χ1v) is 12.7. The standard InChI is InChI=1S/C29H35N5O3/c1-4-15-30-28(35)23-20-22(31-29(36)32-24-10-6-5-9-21(24)2)13-14-25(23)33-16-18-34(19-17-33)26-11-7-8-12-27(26)37-3/h5-14,20H,4,15-19H2,1-3H3,(H,30,35)(H2,31,32,36). The van der Waals surface area contributed by atoms with Gasteiger partial charge in [-0.1, -0.05) is 37.3 Å². The smallest absolute Gasteiger partial charge is 0.323 e. The molecule has 0 aromatic heterocycles. The van der Waals surface area contributed by atoms with Gasteiger partial charge in [0.25, 0.3) is 5.91 Å². The molecule has 0 aliphatic carbocycles. The highest BCUT2D eigenvalue weighted by atomic mass is 16.5. The molecule has 3 aromatic carbocycles. The molecule has 37 heavy (non-hydrogen) atoms. The number of anilines is 4. The van der Waals surface area contributed by atoms with Crippen LogP contribution in [0.5, 0.6) is 5.75 Å². The van der Waals surface area contributed by atoms with Gasteiger partial charge in [0, 0.05) is 49.8 Å². The number of aryl methyl sites for hydroxylation is 1. The zero-order valence-electron chi connectivity index (χ0n) is 21.7. The Morgan fingerprint density at radius 3 is 2.24 bits per heavy atom. The molecule has 4 rings (SSSR count). The van der Waals surface area contributed by atoms with E-state index in [9.17, 15) is 9.59 Å². The molecule has 0 radical (unpaired) electrons. The molecule has 1 saturated heterocycles. The highest BCUT2D eigenvalue weighted by Crippen LogP contribution is 2.31. The Balaban J connectivity index is 1.50. The SMILES string of the molecule is CCCNC(=O)c1cc(NC(=O)Nc2ccccc2C)ccc1N1CCN(c2ccccc2OC)CC1. The number of para-hydroxylation sites is 3. The maximum atomic E-state index is 13.1. The van der Waals surface area contributed by atoms with Gasteiger partial charge in [0.2, 0.25) is 0 Å². The van der Waals surface area contributed by atoms with Crippen LogP contribution in [0.3, 0.4) is 0 Å². The fourth-order valence-electron chi connectivity index (χ4n) is 4.48. The Hall–Kier alpha value is -4.20. The van der Waals surface area contributed by atoms with E-state index in [1.54, 1.807) is 13.2 Å². The van der Waals surface area contributed by atoms with Gasteiger partial charge in [0.15, 0.2) is 0 Å². The number of nitrogens with zero attached hydrogens (tertiary/aromatic N) is 2. The largest absolute Gasteiger partial charge is 0.495 e. The van der Waals surface area contributed by atoms with Gasteiger partial charge < -0.3 is 30.5 Å². The van der Waals surface area contributed by atoms with Crippen LogP contribution in [0.1, 0.15) is 29.3 Å². The second-order valence-corrected chi connectivity index (χ2v) is 9.03. The number of nitrogens with one attached hydrogen (secondary N) is 3. The van der Waals surface area contributed by atoms with Gasteiger partial charge in [0.05, 0.1) is 18.4 Å². The summed E-state index contributed by atoms with van der Waals surface area (Å²) < 4.78 is 5.54. The summed E-state index contributed by atoms with van der Waals surface area (Å²) in [6.07, 6.45) is 0.843. The third-order valence-corrected chi connectivity index (χ3v) is 6.47. The van der Waals surface area contributed by atoms with E-state index in [1.807, 2.05) is 68.4 Å². The van der Waals surface area contributed by atoms with Gasteiger partial charge in [-0.05, 0) is 55.3 Å². The molecule has 194 valence electrons. The number of urea groups is 1. The lowest BCUT2D eigenvalue weighted by Crippen LogP contribution is -2.47. The van der Waals surface area contributed by atoms with E-state index in [2.05, 4.69) is 31.8 Å². The fraction of sp³-hybridized carbons (Fsp3) is 0.310. The highest BCUT2D eigenvalue weighted by molar-refractivity contribution is 6.04. The highest BCUT2D eigenvalue weighted by Gasteiger charge is 2.23. The summed E-state index contributed by atoms with van der Waals surface area (Å²) in [4.78, 5) is 30.3. The summed E-state index contributed by atoms with van der Waals surface area (Å²) in [5, 5.41) is 8.73. The van der Waals surface area contributed by atoms with Crippen LogP contribution in [-0.2, 0) is 0 Å². The number of ether oxygens (including phenoxy) is 1. The van der Waals surface area contributed by atoms with Crippen LogP contribution in [0, 0.1) is 6.92 Å². The number of carbonyl (C=O) groups is 2. The maximum Gasteiger partial charge on any atom is 0.323 e. The molecular formula is C29H35N5O3. The van der Waals surface area contributed by atoms with Crippen molar-refractivity contribution in [1.29, 1.82) is 0 Å². The molecule has 0 bridgehead atoms. The molecular weight excluding hydrogens is 466 g/mol. The minimum absolute atomic E-state index is 0.146. The Morgan fingerprint density at radius 1 is 0.865 bits per heavy atom. The molecule has 1 aliphatic rings. The number of hydrogen-bond acceptors (Lipinski definition) is 5. The number of methoxy groups -OCH3 is 1. The summed E-state index contributed by atoms with van der Waals surface area (Å²) in [5.74, 6) is 0.710. The van der Waals surface area contributed by atoms with Crippen molar-refractivity contribution < 1.29 is 14.3 Å². The topological polar surface area (TPSA) is 85.9 Å². The lowest BCUT2D eigenvalue weighted by molar-refractivity contribution is 0.0954. The molecule has 3 aromatic rings. The van der Waals surface area contributed by atoms with E-state index in [1.165, 1.54) is 0 Å². The lowest BCUT2D eigenvalue weighted by atomic mass is 10.1. The zero-order valence-corrected chi connectivity index (χ0v) is 21.7. The van der Waals surface area contributed by atoms with Gasteiger partial charge in [0.1, 0.15) is 5.75 Å². The molecule has 0 atom stereocenters. The second kappa shape index (κ2) is 12.2. The van der Waals surface area contributed by atoms with Crippen LogP contribution in [-0.4, -0.2) is 51.8 Å². The maximum absolute atomic E-state index is 13.1. The van der Waals surface area contributed by atoms with Crippen LogP contribution in [0.2, 0.25) is 0 Å². The predicted molar refractivity (Wildman–Crippen MR) is 150 cm³/mol. The molecule has 0 spiro atoms. The van der Waals surface area contributed by atoms with Crippen LogP contribution >= 0.6 is 0 Å². The van der Waals surface area contributed by atoms with Crippen molar-refractivity contribution in [3.05, 3.63) is 77.9 Å². The summed E-state index contributed by atoms with van der Waals surface area (Å²) in [5.41, 5.74) is 4.75. The van der Waals surface area contributed by atoms with Crippen LogP contribution in [0.15, 0.2) is 66.7 Å². The van der Waals surface area contributed by atoms with E-state index in [-0.39, 0.29) is 11.9 Å². The third kappa shape index (κ3) is 6.33. The summed E-state index contributed by atoms with van der Waals surface area (Å²) in [7, 11) is 1.69. The molecule has 0 unspecified atom stereocenters. The second-order valence-electron chi connectivity index (χ2n) is 9.03. The normalized spacial score (nSPS) is 13.2. The van der Waals surface area contributed by atoms with Crippen molar-refractivity contribution in [3.63, 3.8) is 0 Å². The minimum Gasteiger partial charge on any atom is -0.495 e. The first kappa shape index (κ1) is 25.9. The van der Waals surface area contributed by atoms with Crippen LogP contribution in [0.4, 0.5) is 27.5 Å². The van der Waals surface area contributed by atoms with Crippen molar-refractivity contribution in [2.24, 2.45) is 0 Å². The zero-order chi connectivity index (χ0) is 26.2. The third-order valence-electron chi connectivity index (χ3n) is 6.47. The number of piperazine rings is 1. The fourth-order valence-corrected chi connectivity index (χ4v) is 4.48. The molecule has 1 aliphatic heterocycles. The van der Waals surface area contributed by atoms with Gasteiger partial charge in [-0.2, -0.15) is 0 Å². The molecule has 3 N–H and O–H groups in total. The van der Waals surface area contributed by atoms with Crippen LogP contribution in [0.25, 0.3) is 0 Å². The summed E-state index contributed by atoms with van der Waals surface area (Å²) >= 11 is 0. The average Bonchev–Trinajstić information content (AvgIpc) is 2.93. The number of rotatable bonds is 8. The number of hydrogen-bond donors (Lipinski definition) is 3. The Labute approximate surface area is 218 Å². The van der Waals surface area contributed by atoms with Crippen molar-refractivity contribution in [2.75, 3.05) is 60.3 Å². The lowest BCUT2D eigenvalue weighted by Gasteiger charge is -2.38. The Kier molecular flexibility index (Phi) is 8.51. The molecule has 1 fully saturated rings. The van der Waals surface area contributed by atoms with Gasteiger partial charge in [-0.25, -0.2) is 4.79 Å². The Morgan fingerprint density at radius 2 is 1.54 bits per heavy atom. The van der Waals surface area contributed by atoms with Crippen molar-refractivity contribution in [3.8, 4) is 5.75 Å². The quantitative estimate of drug-likeness (QED) is 0.399. The van der Waals surface area contributed by atoms with E-state index >= 15 is 0 Å². The minimum atomic E-state index is -0.354. The van der Waals surface area contributed by atoms with E-state index in [0.29, 0.717) is 17.8 Å². The van der Waals surface area contributed by atoms with Crippen molar-refractivity contribution in [1.82, 2.24) is 5.32 Å². The van der Waals surface area contributed by atoms with Gasteiger partial charge >= 0.3 is 6.03 Å². The number of amides is 3. The van der Waals surface area contributed by atoms with Crippen molar-refractivity contribution >= 4 is 34.7 Å². The molecule has 8 nitrogen and oxygen atoms in total. The van der Waals surface area contributed by atoms with E-state index < -0.39 is 0 Å². The van der Waals surface area contributed by atoms with Crippen molar-refractivity contribution in [2.45, 2.75) is 20.3 Å². The van der Waals surface area contributed by atoms with Gasteiger partial charge in [-0.15, -0.1) is 0 Å². The number of carbonyl (C=O) groups excluding carboxylic acids is 2.